The van der Waals surface area contributed by atoms with Crippen molar-refractivity contribution < 1.29 is 17.4 Å². The van der Waals surface area contributed by atoms with Crippen molar-refractivity contribution in [2.45, 2.75) is 38.6 Å². The zero-order chi connectivity index (χ0) is 26.0. The summed E-state index contributed by atoms with van der Waals surface area (Å²) in [7, 11) is -4.09. The molecular weight excluding hydrogens is 512 g/mol. The van der Waals surface area contributed by atoms with Crippen molar-refractivity contribution in [2.24, 2.45) is 0 Å². The lowest BCUT2D eigenvalue weighted by Crippen LogP contribution is -2.15. The molecule has 5 rings (SSSR count). The van der Waals surface area contributed by atoms with Crippen LogP contribution >= 0.6 is 11.3 Å². The van der Waals surface area contributed by atoms with Gasteiger partial charge in [-0.05, 0) is 43.5 Å². The Kier molecular flexibility index (Phi) is 6.76. The van der Waals surface area contributed by atoms with Crippen molar-refractivity contribution >= 4 is 32.4 Å². The molecule has 0 atom stereocenters. The van der Waals surface area contributed by atoms with Crippen molar-refractivity contribution in [3.8, 4) is 22.6 Å². The van der Waals surface area contributed by atoms with E-state index in [1.54, 1.807) is 32.0 Å². The Balaban J connectivity index is 1.57. The van der Waals surface area contributed by atoms with Crippen LogP contribution in [0.15, 0.2) is 68.8 Å². The molecule has 0 spiro atoms. The van der Waals surface area contributed by atoms with Gasteiger partial charge in [0.2, 0.25) is 16.9 Å². The van der Waals surface area contributed by atoms with E-state index in [1.807, 2.05) is 31.2 Å². The topological polar surface area (TPSA) is 136 Å². The Labute approximate surface area is 217 Å². The summed E-state index contributed by atoms with van der Waals surface area (Å²) in [4.78, 5) is 4.22. The fourth-order valence-corrected chi connectivity index (χ4v) is 5.70. The van der Waals surface area contributed by atoms with Gasteiger partial charge in [0.05, 0.1) is 16.8 Å². The number of anilines is 2. The third-order valence-electron chi connectivity index (χ3n) is 5.84. The number of sulfonamides is 1. The summed E-state index contributed by atoms with van der Waals surface area (Å²) in [6, 6.07) is 12.7. The monoisotopic (exact) mass is 536 g/mol. The predicted octanol–water partition coefficient (Wildman–Crippen LogP) is 5.44. The summed E-state index contributed by atoms with van der Waals surface area (Å²) in [5, 5.41) is 17.1. The molecule has 0 fully saturated rings. The first-order valence-corrected chi connectivity index (χ1v) is 13.8. The quantitative estimate of drug-likeness (QED) is 0.252. The van der Waals surface area contributed by atoms with Gasteiger partial charge in [-0.3, -0.25) is 0 Å². The van der Waals surface area contributed by atoms with Gasteiger partial charge in [-0.15, -0.1) is 10.2 Å². The van der Waals surface area contributed by atoms with Crippen molar-refractivity contribution in [3.63, 3.8) is 0 Å². The minimum absolute atomic E-state index is 0.0493. The van der Waals surface area contributed by atoms with Crippen molar-refractivity contribution in [1.29, 1.82) is 0 Å². The van der Waals surface area contributed by atoms with Crippen LogP contribution in [0.4, 0.5) is 11.0 Å². The number of nitrogens with zero attached hydrogens (tertiary/aromatic N) is 4. The van der Waals surface area contributed by atoms with Crippen LogP contribution in [0, 0.1) is 13.8 Å². The number of hydrogen-bond acceptors (Lipinski definition) is 10. The SMILES string of the molecule is CCc1nnc(NCc2ccccc2-c2ccc(-c3ncco3)cc2S(=O)(=O)Nc2onc(C)c2C)s1. The summed E-state index contributed by atoms with van der Waals surface area (Å²) in [5.41, 5.74) is 3.90. The van der Waals surface area contributed by atoms with E-state index in [0.717, 1.165) is 22.6 Å². The zero-order valence-electron chi connectivity index (χ0n) is 20.3. The van der Waals surface area contributed by atoms with Crippen LogP contribution < -0.4 is 10.0 Å². The lowest BCUT2D eigenvalue weighted by Gasteiger charge is -2.16. The summed E-state index contributed by atoms with van der Waals surface area (Å²) in [6.07, 6.45) is 3.76. The molecule has 37 heavy (non-hydrogen) atoms. The second-order valence-electron chi connectivity index (χ2n) is 8.24. The molecule has 2 aromatic carbocycles. The summed E-state index contributed by atoms with van der Waals surface area (Å²) in [5.74, 6) is 0.385. The van der Waals surface area contributed by atoms with E-state index in [-0.39, 0.29) is 10.8 Å². The summed E-state index contributed by atoms with van der Waals surface area (Å²) < 4.78 is 40.6. The standard InChI is InChI=1S/C25H24N6O4S2/c1-4-22-28-29-25(36-22)27-14-18-7-5-6-8-19(18)20-10-9-17(24-26-11-12-34-24)13-21(20)37(32,33)31-23-15(2)16(3)30-35-23/h5-13,31H,4,14H2,1-3H3,(H,27,29). The van der Waals surface area contributed by atoms with Crippen LogP contribution in [0.25, 0.3) is 22.6 Å². The van der Waals surface area contributed by atoms with E-state index in [2.05, 4.69) is 30.4 Å². The minimum Gasteiger partial charge on any atom is -0.445 e. The first-order valence-electron chi connectivity index (χ1n) is 11.5. The van der Waals surface area contributed by atoms with Crippen molar-refractivity contribution in [1.82, 2.24) is 20.3 Å². The highest BCUT2D eigenvalue weighted by Gasteiger charge is 2.25. The minimum atomic E-state index is -4.09. The van der Waals surface area contributed by atoms with Gasteiger partial charge in [0.1, 0.15) is 11.3 Å². The molecule has 0 bridgehead atoms. The highest BCUT2D eigenvalue weighted by Crippen LogP contribution is 2.35. The van der Waals surface area contributed by atoms with Gasteiger partial charge in [-0.25, -0.2) is 18.1 Å². The van der Waals surface area contributed by atoms with E-state index in [9.17, 15) is 8.42 Å². The molecule has 190 valence electrons. The van der Waals surface area contributed by atoms with Gasteiger partial charge in [0.25, 0.3) is 10.0 Å². The predicted molar refractivity (Wildman–Crippen MR) is 141 cm³/mol. The van der Waals surface area contributed by atoms with Crippen LogP contribution in [-0.2, 0) is 23.0 Å². The van der Waals surface area contributed by atoms with E-state index < -0.39 is 10.0 Å². The Morgan fingerprint density at radius 3 is 2.59 bits per heavy atom. The maximum atomic E-state index is 13.7. The average molecular weight is 537 g/mol. The Morgan fingerprint density at radius 1 is 1.05 bits per heavy atom. The number of hydrogen-bond donors (Lipinski definition) is 2. The molecule has 0 radical (unpaired) electrons. The molecule has 0 saturated heterocycles. The highest BCUT2D eigenvalue weighted by atomic mass is 32.2. The first kappa shape index (κ1) is 24.7. The maximum Gasteiger partial charge on any atom is 0.264 e. The fraction of sp³-hybridized carbons (Fsp3) is 0.200. The molecule has 0 aliphatic carbocycles. The number of aryl methyl sites for hydroxylation is 2. The molecular formula is C25H24N6O4S2. The van der Waals surface area contributed by atoms with Crippen LogP contribution in [0.2, 0.25) is 0 Å². The molecule has 3 heterocycles. The lowest BCUT2D eigenvalue weighted by atomic mass is 9.98. The molecule has 3 aromatic heterocycles. The van der Waals surface area contributed by atoms with Gasteiger partial charge in [0.15, 0.2) is 0 Å². The smallest absolute Gasteiger partial charge is 0.264 e. The fourth-order valence-electron chi connectivity index (χ4n) is 3.73. The average Bonchev–Trinajstić information content (AvgIpc) is 3.67. The Bertz CT molecular complexity index is 1640. The molecule has 10 nitrogen and oxygen atoms in total. The number of oxazole rings is 1. The molecule has 0 aliphatic heterocycles. The van der Waals surface area contributed by atoms with E-state index in [1.165, 1.54) is 23.8 Å². The molecule has 0 aliphatic rings. The normalized spacial score (nSPS) is 11.5. The molecule has 0 unspecified atom stereocenters. The van der Waals surface area contributed by atoms with Gasteiger partial charge in [-0.1, -0.05) is 53.7 Å². The Hall–Kier alpha value is -4.03. The number of nitrogens with one attached hydrogen (secondary N) is 2. The number of benzene rings is 2. The van der Waals surface area contributed by atoms with E-state index >= 15 is 0 Å². The van der Waals surface area contributed by atoms with Crippen molar-refractivity contribution in [2.75, 3.05) is 10.0 Å². The van der Waals surface area contributed by atoms with Gasteiger partial charge in [0, 0.05) is 23.2 Å². The third-order valence-corrected chi connectivity index (χ3v) is 8.24. The van der Waals surface area contributed by atoms with E-state index in [4.69, 9.17) is 8.94 Å². The van der Waals surface area contributed by atoms with Gasteiger partial charge >= 0.3 is 0 Å². The summed E-state index contributed by atoms with van der Waals surface area (Å²) >= 11 is 1.49. The molecule has 12 heteroatoms. The highest BCUT2D eigenvalue weighted by molar-refractivity contribution is 7.92. The maximum absolute atomic E-state index is 13.7. The second-order valence-corrected chi connectivity index (χ2v) is 11.0. The molecule has 2 N–H and O–H groups in total. The molecule has 0 saturated carbocycles. The van der Waals surface area contributed by atoms with Gasteiger partial charge < -0.3 is 14.3 Å². The molecule has 0 amide bonds. The van der Waals surface area contributed by atoms with E-state index in [0.29, 0.717) is 40.0 Å². The number of rotatable bonds is 9. The van der Waals surface area contributed by atoms with Crippen LogP contribution in [0.5, 0.6) is 0 Å². The Morgan fingerprint density at radius 2 is 1.89 bits per heavy atom. The summed E-state index contributed by atoms with van der Waals surface area (Å²) in [6.45, 7) is 5.95. The number of aromatic nitrogens is 4. The largest absolute Gasteiger partial charge is 0.445 e. The third kappa shape index (κ3) is 5.11. The zero-order valence-corrected chi connectivity index (χ0v) is 22.0. The van der Waals surface area contributed by atoms with Crippen LogP contribution in [0.1, 0.15) is 28.8 Å². The van der Waals surface area contributed by atoms with Crippen LogP contribution in [0.3, 0.4) is 0 Å². The van der Waals surface area contributed by atoms with Crippen LogP contribution in [-0.4, -0.2) is 28.8 Å². The first-order chi connectivity index (χ1) is 17.9. The second kappa shape index (κ2) is 10.1. The lowest BCUT2D eigenvalue weighted by molar-refractivity contribution is 0.430. The molecule has 5 aromatic rings. The van der Waals surface area contributed by atoms with Crippen molar-refractivity contribution in [3.05, 3.63) is 76.8 Å². The van der Waals surface area contributed by atoms with Gasteiger partial charge in [-0.2, -0.15) is 0 Å².